The molecule has 1 saturated carbocycles. The van der Waals surface area contributed by atoms with Crippen molar-refractivity contribution in [3.05, 3.63) is 24.0 Å². The summed E-state index contributed by atoms with van der Waals surface area (Å²) >= 11 is 0. The Bertz CT molecular complexity index is 346. The molecule has 0 atom stereocenters. The van der Waals surface area contributed by atoms with Crippen molar-refractivity contribution < 1.29 is 5.11 Å². The van der Waals surface area contributed by atoms with E-state index in [0.29, 0.717) is 6.61 Å². The smallest absolute Gasteiger partial charge is 0.0504 e. The standard InChI is InChI=1S/C13H20N2O/c1-11-8-12(4-7-14-11)15-9-13(10-16)5-2-3-6-13/h4,7-8,16H,2-3,5-6,9-10H2,1H3,(H,14,15). The molecule has 1 aliphatic carbocycles. The largest absolute Gasteiger partial charge is 0.396 e. The Morgan fingerprint density at radius 2 is 2.19 bits per heavy atom. The molecule has 0 bridgehead atoms. The van der Waals surface area contributed by atoms with Crippen molar-refractivity contribution >= 4 is 5.69 Å². The highest BCUT2D eigenvalue weighted by molar-refractivity contribution is 5.43. The molecule has 1 aromatic heterocycles. The van der Waals surface area contributed by atoms with Gasteiger partial charge in [-0.05, 0) is 31.9 Å². The van der Waals surface area contributed by atoms with Crippen molar-refractivity contribution in [2.45, 2.75) is 32.6 Å². The maximum absolute atomic E-state index is 9.50. The van der Waals surface area contributed by atoms with Crippen LogP contribution in [0.4, 0.5) is 5.69 Å². The predicted molar refractivity (Wildman–Crippen MR) is 65.5 cm³/mol. The van der Waals surface area contributed by atoms with Gasteiger partial charge in [-0.1, -0.05) is 12.8 Å². The minimum atomic E-state index is 0.108. The minimum Gasteiger partial charge on any atom is -0.396 e. The van der Waals surface area contributed by atoms with Crippen molar-refractivity contribution in [2.75, 3.05) is 18.5 Å². The van der Waals surface area contributed by atoms with Gasteiger partial charge in [0.25, 0.3) is 0 Å². The summed E-state index contributed by atoms with van der Waals surface area (Å²) in [6, 6.07) is 4.02. The second-order valence-electron chi connectivity index (χ2n) is 4.90. The fourth-order valence-corrected chi connectivity index (χ4v) is 2.46. The molecule has 0 radical (unpaired) electrons. The van der Waals surface area contributed by atoms with Gasteiger partial charge in [0.05, 0.1) is 6.61 Å². The highest BCUT2D eigenvalue weighted by Crippen LogP contribution is 2.37. The van der Waals surface area contributed by atoms with Crippen molar-refractivity contribution in [3.8, 4) is 0 Å². The van der Waals surface area contributed by atoms with E-state index < -0.39 is 0 Å². The van der Waals surface area contributed by atoms with Crippen molar-refractivity contribution in [1.29, 1.82) is 0 Å². The summed E-state index contributed by atoms with van der Waals surface area (Å²) < 4.78 is 0. The molecule has 0 amide bonds. The number of anilines is 1. The summed E-state index contributed by atoms with van der Waals surface area (Å²) in [5.74, 6) is 0. The number of aliphatic hydroxyl groups is 1. The fraction of sp³-hybridized carbons (Fsp3) is 0.615. The molecule has 1 heterocycles. The van der Waals surface area contributed by atoms with Crippen molar-refractivity contribution in [1.82, 2.24) is 4.98 Å². The molecule has 0 saturated heterocycles. The molecule has 16 heavy (non-hydrogen) atoms. The Morgan fingerprint density at radius 3 is 2.81 bits per heavy atom. The van der Waals surface area contributed by atoms with Gasteiger partial charge in [0, 0.05) is 29.5 Å². The van der Waals surface area contributed by atoms with Crippen LogP contribution in [0.25, 0.3) is 0 Å². The Labute approximate surface area is 96.9 Å². The van der Waals surface area contributed by atoms with Crippen LogP contribution in [0, 0.1) is 12.3 Å². The number of aryl methyl sites for hydroxylation is 1. The molecule has 2 N–H and O–H groups in total. The number of hydrogen-bond acceptors (Lipinski definition) is 3. The molecular weight excluding hydrogens is 200 g/mol. The first kappa shape index (κ1) is 11.4. The first-order valence-electron chi connectivity index (χ1n) is 6.02. The Hall–Kier alpha value is -1.09. The van der Waals surface area contributed by atoms with Crippen molar-refractivity contribution in [2.24, 2.45) is 5.41 Å². The van der Waals surface area contributed by atoms with Crippen LogP contribution in [-0.4, -0.2) is 23.2 Å². The van der Waals surface area contributed by atoms with E-state index >= 15 is 0 Å². The molecule has 0 aromatic carbocycles. The van der Waals surface area contributed by atoms with Gasteiger partial charge < -0.3 is 10.4 Å². The normalized spacial score (nSPS) is 18.6. The molecule has 88 valence electrons. The number of hydrogen-bond donors (Lipinski definition) is 2. The summed E-state index contributed by atoms with van der Waals surface area (Å²) in [5.41, 5.74) is 2.23. The number of rotatable bonds is 4. The van der Waals surface area contributed by atoms with Gasteiger partial charge in [0.1, 0.15) is 0 Å². The number of nitrogens with one attached hydrogen (secondary N) is 1. The van der Waals surface area contributed by atoms with E-state index in [0.717, 1.165) is 30.8 Å². The monoisotopic (exact) mass is 220 g/mol. The lowest BCUT2D eigenvalue weighted by molar-refractivity contribution is 0.142. The van der Waals surface area contributed by atoms with Gasteiger partial charge >= 0.3 is 0 Å². The van der Waals surface area contributed by atoms with Crippen molar-refractivity contribution in [3.63, 3.8) is 0 Å². The Morgan fingerprint density at radius 1 is 1.44 bits per heavy atom. The van der Waals surface area contributed by atoms with Gasteiger partial charge in [-0.3, -0.25) is 4.98 Å². The summed E-state index contributed by atoms with van der Waals surface area (Å²) in [7, 11) is 0. The van der Waals surface area contributed by atoms with Gasteiger partial charge in [0.15, 0.2) is 0 Å². The van der Waals surface area contributed by atoms with Crippen LogP contribution in [0.3, 0.4) is 0 Å². The highest BCUT2D eigenvalue weighted by atomic mass is 16.3. The topological polar surface area (TPSA) is 45.1 Å². The average Bonchev–Trinajstić information content (AvgIpc) is 2.76. The van der Waals surface area contributed by atoms with Crippen LogP contribution < -0.4 is 5.32 Å². The first-order valence-corrected chi connectivity index (χ1v) is 6.02. The molecule has 1 aromatic rings. The average molecular weight is 220 g/mol. The molecule has 1 fully saturated rings. The second-order valence-corrected chi connectivity index (χ2v) is 4.90. The fourth-order valence-electron chi connectivity index (χ4n) is 2.46. The third-order valence-electron chi connectivity index (χ3n) is 3.56. The number of nitrogens with zero attached hydrogens (tertiary/aromatic N) is 1. The van der Waals surface area contributed by atoms with Crippen LogP contribution in [0.1, 0.15) is 31.4 Å². The van der Waals surface area contributed by atoms with Crippen LogP contribution in [0.2, 0.25) is 0 Å². The molecule has 3 heteroatoms. The van der Waals surface area contributed by atoms with Gasteiger partial charge in [0.2, 0.25) is 0 Å². The van der Waals surface area contributed by atoms with E-state index in [1.165, 1.54) is 12.8 Å². The van der Waals surface area contributed by atoms with Crippen LogP contribution in [-0.2, 0) is 0 Å². The number of pyridine rings is 1. The van der Waals surface area contributed by atoms with E-state index in [2.05, 4.69) is 10.3 Å². The quantitative estimate of drug-likeness (QED) is 0.818. The first-order chi connectivity index (χ1) is 7.74. The zero-order chi connectivity index (χ0) is 11.4. The van der Waals surface area contributed by atoms with Crippen LogP contribution in [0.15, 0.2) is 18.3 Å². The lowest BCUT2D eigenvalue weighted by atomic mass is 9.87. The van der Waals surface area contributed by atoms with Gasteiger partial charge in [-0.25, -0.2) is 0 Å². The lowest BCUT2D eigenvalue weighted by Crippen LogP contribution is -2.30. The molecule has 2 rings (SSSR count). The lowest BCUT2D eigenvalue weighted by Gasteiger charge is -2.27. The van der Waals surface area contributed by atoms with Gasteiger partial charge in [-0.2, -0.15) is 0 Å². The zero-order valence-electron chi connectivity index (χ0n) is 9.87. The van der Waals surface area contributed by atoms with Crippen LogP contribution in [0.5, 0.6) is 0 Å². The van der Waals surface area contributed by atoms with E-state index in [1.54, 1.807) is 0 Å². The SMILES string of the molecule is Cc1cc(NCC2(CO)CCCC2)ccn1. The molecule has 0 aliphatic heterocycles. The molecule has 0 unspecified atom stereocenters. The van der Waals surface area contributed by atoms with E-state index in [-0.39, 0.29) is 5.41 Å². The van der Waals surface area contributed by atoms with E-state index in [9.17, 15) is 5.11 Å². The maximum Gasteiger partial charge on any atom is 0.0504 e. The second kappa shape index (κ2) is 4.83. The Balaban J connectivity index is 1.95. The molecule has 0 spiro atoms. The molecule has 3 nitrogen and oxygen atoms in total. The summed E-state index contributed by atoms with van der Waals surface area (Å²) in [6.07, 6.45) is 6.59. The summed E-state index contributed by atoms with van der Waals surface area (Å²) in [5, 5.41) is 12.9. The zero-order valence-corrected chi connectivity index (χ0v) is 9.87. The minimum absolute atomic E-state index is 0.108. The summed E-state index contributed by atoms with van der Waals surface area (Å²) in [6.45, 7) is 3.15. The van der Waals surface area contributed by atoms with E-state index in [4.69, 9.17) is 0 Å². The third kappa shape index (κ3) is 2.53. The van der Waals surface area contributed by atoms with E-state index in [1.807, 2.05) is 25.3 Å². The number of aromatic nitrogens is 1. The third-order valence-corrected chi connectivity index (χ3v) is 3.56. The molecule has 1 aliphatic rings. The Kier molecular flexibility index (Phi) is 3.44. The van der Waals surface area contributed by atoms with Crippen LogP contribution >= 0.6 is 0 Å². The summed E-state index contributed by atoms with van der Waals surface area (Å²) in [4.78, 5) is 4.17. The predicted octanol–water partition coefficient (Wildman–Crippen LogP) is 2.35. The highest BCUT2D eigenvalue weighted by Gasteiger charge is 2.32. The van der Waals surface area contributed by atoms with Gasteiger partial charge in [-0.15, -0.1) is 0 Å². The molecular formula is C13H20N2O. The maximum atomic E-state index is 9.50. The number of aliphatic hydroxyl groups excluding tert-OH is 1.